The lowest BCUT2D eigenvalue weighted by Crippen LogP contribution is -2.11. The summed E-state index contributed by atoms with van der Waals surface area (Å²) in [5.74, 6) is -0.155. The van der Waals surface area contributed by atoms with E-state index in [9.17, 15) is 9.59 Å². The van der Waals surface area contributed by atoms with Crippen molar-refractivity contribution in [2.24, 2.45) is 5.10 Å². The maximum absolute atomic E-state index is 13.1. The van der Waals surface area contributed by atoms with Crippen LogP contribution in [-0.2, 0) is 16.0 Å². The number of carbonyl (C=O) groups is 2. The quantitative estimate of drug-likeness (QED) is 0.0406. The highest BCUT2D eigenvalue weighted by Gasteiger charge is 2.13. The number of hydrazone groups is 1. The van der Waals surface area contributed by atoms with Gasteiger partial charge < -0.3 is 14.2 Å². The molecule has 0 radical (unpaired) electrons. The smallest absolute Gasteiger partial charge is 0.343 e. The van der Waals surface area contributed by atoms with Gasteiger partial charge in [-0.15, -0.1) is 0 Å². The van der Waals surface area contributed by atoms with Crippen LogP contribution >= 0.6 is 11.3 Å². The molecule has 43 heavy (non-hydrogen) atoms. The minimum Gasteiger partial charge on any atom is -0.490 e. The van der Waals surface area contributed by atoms with Crippen LogP contribution in [0.2, 0.25) is 0 Å². The normalized spacial score (nSPS) is 10.9. The number of hydrogen-bond acceptors (Lipinski definition) is 9. The Hall–Kier alpha value is -5.28. The second kappa shape index (κ2) is 14.1. The number of benzene rings is 4. The molecule has 0 aliphatic rings. The number of rotatable bonds is 12. The van der Waals surface area contributed by atoms with E-state index in [2.05, 4.69) is 53.3 Å². The van der Waals surface area contributed by atoms with Crippen LogP contribution in [0.1, 0.15) is 28.4 Å². The minimum atomic E-state index is -0.528. The number of hydrogen-bond donors (Lipinski definition) is 1. The second-order valence-electron chi connectivity index (χ2n) is 9.29. The molecule has 0 spiro atoms. The van der Waals surface area contributed by atoms with Gasteiger partial charge in [-0.25, -0.2) is 14.6 Å². The lowest BCUT2D eigenvalue weighted by atomic mass is 10.0. The van der Waals surface area contributed by atoms with Crippen molar-refractivity contribution < 1.29 is 23.8 Å². The zero-order chi connectivity index (χ0) is 30.0. The van der Waals surface area contributed by atoms with Crippen molar-refractivity contribution in [3.05, 3.63) is 120 Å². The van der Waals surface area contributed by atoms with E-state index in [0.29, 0.717) is 27.8 Å². The predicted octanol–water partition coefficient (Wildman–Crippen LogP) is 7.30. The molecule has 0 saturated carbocycles. The summed E-state index contributed by atoms with van der Waals surface area (Å²) in [5, 5.41) is 5.06. The maximum Gasteiger partial charge on any atom is 0.343 e. The number of fused-ring (bicyclic) bond motifs is 1. The molecule has 0 aliphatic carbocycles. The Kier molecular flexibility index (Phi) is 9.56. The van der Waals surface area contributed by atoms with Crippen LogP contribution in [-0.4, -0.2) is 36.4 Å². The van der Waals surface area contributed by atoms with Crippen LogP contribution in [0, 0.1) is 0 Å². The van der Waals surface area contributed by atoms with Crippen LogP contribution in [0.3, 0.4) is 0 Å². The van der Waals surface area contributed by atoms with E-state index in [1.54, 1.807) is 36.5 Å². The summed E-state index contributed by atoms with van der Waals surface area (Å²) in [6.07, 6.45) is 3.67. The standard InChI is InChI=1S/C34H29N3O5S/c1-3-23-9-11-24(12-10-23)26-15-18-30(27(21-26)22-35-37-34-36-29-7-5-6-8-31(29)43-34)42-33(39)25-13-16-28(17-14-25)40-19-20-41-32(38)4-2/h4-18,21-22H,2-3,19-20H2,1H3,(H,36,37)/b35-22+. The van der Waals surface area contributed by atoms with E-state index in [-0.39, 0.29) is 13.2 Å². The largest absolute Gasteiger partial charge is 0.490 e. The lowest BCUT2D eigenvalue weighted by Gasteiger charge is -2.11. The fourth-order valence-corrected chi connectivity index (χ4v) is 4.95. The third kappa shape index (κ3) is 7.72. The Morgan fingerprint density at radius 1 is 0.953 bits per heavy atom. The lowest BCUT2D eigenvalue weighted by molar-refractivity contribution is -0.138. The van der Waals surface area contributed by atoms with Crippen LogP contribution < -0.4 is 14.9 Å². The molecule has 0 atom stereocenters. The molecule has 5 rings (SSSR count). The molecule has 0 amide bonds. The van der Waals surface area contributed by atoms with Crippen molar-refractivity contribution >= 4 is 44.8 Å². The van der Waals surface area contributed by atoms with Gasteiger partial charge in [0.1, 0.15) is 24.7 Å². The first-order valence-corrected chi connectivity index (χ1v) is 14.5. The van der Waals surface area contributed by atoms with Gasteiger partial charge in [-0.1, -0.05) is 67.3 Å². The fourth-order valence-electron chi connectivity index (χ4n) is 4.14. The molecule has 0 saturated heterocycles. The number of ether oxygens (including phenoxy) is 3. The number of nitrogens with zero attached hydrogens (tertiary/aromatic N) is 2. The van der Waals surface area contributed by atoms with Crippen molar-refractivity contribution in [1.29, 1.82) is 0 Å². The van der Waals surface area contributed by atoms with E-state index in [1.807, 2.05) is 36.4 Å². The van der Waals surface area contributed by atoms with Gasteiger partial charge in [0.15, 0.2) is 0 Å². The van der Waals surface area contributed by atoms with Crippen molar-refractivity contribution in [2.75, 3.05) is 18.6 Å². The van der Waals surface area contributed by atoms with Gasteiger partial charge in [-0.2, -0.15) is 5.10 Å². The predicted molar refractivity (Wildman–Crippen MR) is 170 cm³/mol. The number of aromatic nitrogens is 1. The monoisotopic (exact) mass is 591 g/mol. The molecule has 5 aromatic rings. The first kappa shape index (κ1) is 29.2. The number of esters is 2. The van der Waals surface area contributed by atoms with E-state index in [1.165, 1.54) is 16.9 Å². The fraction of sp³-hybridized carbons (Fsp3) is 0.118. The number of anilines is 1. The zero-order valence-electron chi connectivity index (χ0n) is 23.5. The third-order valence-corrected chi connectivity index (χ3v) is 7.36. The van der Waals surface area contributed by atoms with E-state index >= 15 is 0 Å². The Morgan fingerprint density at radius 2 is 1.72 bits per heavy atom. The molecule has 0 bridgehead atoms. The molecular weight excluding hydrogens is 562 g/mol. The highest BCUT2D eigenvalue weighted by molar-refractivity contribution is 7.22. The third-order valence-electron chi connectivity index (χ3n) is 6.42. The van der Waals surface area contributed by atoms with E-state index in [4.69, 9.17) is 14.2 Å². The van der Waals surface area contributed by atoms with Crippen LogP contribution in [0.4, 0.5) is 5.13 Å². The van der Waals surface area contributed by atoms with E-state index in [0.717, 1.165) is 33.8 Å². The molecular formula is C34H29N3O5S. The van der Waals surface area contributed by atoms with E-state index < -0.39 is 11.9 Å². The molecule has 0 fully saturated rings. The number of carbonyl (C=O) groups excluding carboxylic acids is 2. The van der Waals surface area contributed by atoms with Crippen molar-refractivity contribution in [1.82, 2.24) is 4.98 Å². The summed E-state index contributed by atoms with van der Waals surface area (Å²) in [6.45, 7) is 5.73. The number of thiazole rings is 1. The molecule has 9 heteroatoms. The minimum absolute atomic E-state index is 0.0888. The number of nitrogens with one attached hydrogen (secondary N) is 1. The number of para-hydroxylation sites is 1. The summed E-state index contributed by atoms with van der Waals surface area (Å²) in [4.78, 5) is 28.7. The molecule has 1 heterocycles. The van der Waals surface area contributed by atoms with Gasteiger partial charge in [0.05, 0.1) is 22.0 Å². The van der Waals surface area contributed by atoms with Crippen LogP contribution in [0.25, 0.3) is 21.3 Å². The molecule has 8 nitrogen and oxygen atoms in total. The SMILES string of the molecule is C=CC(=O)OCCOc1ccc(C(=O)Oc2ccc(-c3ccc(CC)cc3)cc2/C=N/Nc2nc3ccccc3s2)cc1. The molecule has 0 unspecified atom stereocenters. The molecule has 4 aromatic carbocycles. The van der Waals surface area contributed by atoms with Crippen LogP contribution in [0.15, 0.2) is 109 Å². The Balaban J connectivity index is 1.32. The van der Waals surface area contributed by atoms with Gasteiger partial charge in [-0.3, -0.25) is 5.43 Å². The highest BCUT2D eigenvalue weighted by atomic mass is 32.1. The first-order valence-electron chi connectivity index (χ1n) is 13.6. The molecule has 1 aromatic heterocycles. The maximum atomic E-state index is 13.1. The van der Waals surface area contributed by atoms with Gasteiger partial charge >= 0.3 is 11.9 Å². The average Bonchev–Trinajstić information content (AvgIpc) is 3.47. The average molecular weight is 592 g/mol. The van der Waals surface area contributed by atoms with Crippen LogP contribution in [0.5, 0.6) is 11.5 Å². The molecule has 0 aliphatic heterocycles. The summed E-state index contributed by atoms with van der Waals surface area (Å²) in [6, 6.07) is 28.4. The van der Waals surface area contributed by atoms with Crippen molar-refractivity contribution in [3.8, 4) is 22.6 Å². The zero-order valence-corrected chi connectivity index (χ0v) is 24.3. The summed E-state index contributed by atoms with van der Waals surface area (Å²) < 4.78 is 17.3. The summed E-state index contributed by atoms with van der Waals surface area (Å²) in [5.41, 5.74) is 8.11. The number of aryl methyl sites for hydroxylation is 1. The Morgan fingerprint density at radius 3 is 2.47 bits per heavy atom. The Labute approximate surface area is 253 Å². The molecule has 216 valence electrons. The van der Waals surface area contributed by atoms with Gasteiger partial charge in [0.25, 0.3) is 0 Å². The van der Waals surface area contributed by atoms with Gasteiger partial charge in [0.2, 0.25) is 5.13 Å². The Bertz CT molecular complexity index is 1730. The van der Waals surface area contributed by atoms with Crippen molar-refractivity contribution in [2.45, 2.75) is 13.3 Å². The highest BCUT2D eigenvalue weighted by Crippen LogP contribution is 2.28. The first-order chi connectivity index (χ1) is 21.0. The topological polar surface area (TPSA) is 99.1 Å². The van der Waals surface area contributed by atoms with Gasteiger partial charge in [0, 0.05) is 11.6 Å². The second-order valence-corrected chi connectivity index (χ2v) is 10.3. The van der Waals surface area contributed by atoms with Gasteiger partial charge in [-0.05, 0) is 71.6 Å². The van der Waals surface area contributed by atoms with Crippen molar-refractivity contribution in [3.63, 3.8) is 0 Å². The summed E-state index contributed by atoms with van der Waals surface area (Å²) in [7, 11) is 0. The molecule has 1 N–H and O–H groups in total. The summed E-state index contributed by atoms with van der Waals surface area (Å²) >= 11 is 1.50.